The van der Waals surface area contributed by atoms with Gasteiger partial charge in [-0.15, -0.1) is 0 Å². The fourth-order valence-corrected chi connectivity index (χ4v) is 2.15. The molecule has 0 spiro atoms. The number of nitrogens with one attached hydrogen (secondary N) is 1. The Morgan fingerprint density at radius 1 is 1.07 bits per heavy atom. The van der Waals surface area contributed by atoms with E-state index in [0.29, 0.717) is 11.6 Å². The number of benzene rings is 1. The van der Waals surface area contributed by atoms with Gasteiger partial charge >= 0.3 is 0 Å². The molecule has 0 aromatic heterocycles. The highest BCUT2D eigenvalue weighted by Crippen LogP contribution is 2.00. The lowest BCUT2D eigenvalue weighted by Gasteiger charge is -2.35. The van der Waals surface area contributed by atoms with Crippen molar-refractivity contribution in [1.82, 2.24) is 0 Å². The van der Waals surface area contributed by atoms with Gasteiger partial charge in [-0.05, 0) is 34.6 Å². The summed E-state index contributed by atoms with van der Waals surface area (Å²) in [6.07, 6.45) is 0. The predicted octanol–water partition coefficient (Wildman–Crippen LogP) is 2.28. The van der Waals surface area contributed by atoms with Crippen LogP contribution in [-0.2, 0) is 6.54 Å². The van der Waals surface area contributed by atoms with Gasteiger partial charge in [0.1, 0.15) is 6.54 Å². The molecule has 0 saturated heterocycles. The first-order valence-electron chi connectivity index (χ1n) is 5.81. The van der Waals surface area contributed by atoms with Crippen LogP contribution in [0.5, 0.6) is 0 Å². The first kappa shape index (κ1) is 12.3. The van der Waals surface area contributed by atoms with Gasteiger partial charge in [-0.3, -0.25) is 0 Å². The van der Waals surface area contributed by atoms with Gasteiger partial charge in [-0.25, -0.2) is 0 Å². The second-order valence-electron chi connectivity index (χ2n) is 5.59. The molecule has 84 valence electrons. The van der Waals surface area contributed by atoms with Crippen molar-refractivity contribution in [2.75, 3.05) is 0 Å². The molecule has 1 unspecified atom stereocenters. The maximum absolute atomic E-state index is 2.31. The Balaban J connectivity index is 2.77. The van der Waals surface area contributed by atoms with Gasteiger partial charge in [0.25, 0.3) is 0 Å². The Labute approximate surface area is 94.1 Å². The monoisotopic (exact) mass is 206 g/mol. The van der Waals surface area contributed by atoms with Gasteiger partial charge in [0, 0.05) is 5.56 Å². The topological polar surface area (TPSA) is 4.44 Å². The molecule has 0 aliphatic carbocycles. The van der Waals surface area contributed by atoms with Crippen molar-refractivity contribution in [3.63, 3.8) is 0 Å². The summed E-state index contributed by atoms with van der Waals surface area (Å²) in [5.41, 5.74) is 1.74. The summed E-state index contributed by atoms with van der Waals surface area (Å²) in [5, 5.41) is 0. The molecule has 0 amide bonds. The Morgan fingerprint density at radius 2 is 1.60 bits per heavy atom. The first-order valence-corrected chi connectivity index (χ1v) is 5.81. The van der Waals surface area contributed by atoms with Crippen LogP contribution < -0.4 is 4.90 Å². The second kappa shape index (κ2) is 4.80. The van der Waals surface area contributed by atoms with Crippen molar-refractivity contribution in [3.05, 3.63) is 35.9 Å². The second-order valence-corrected chi connectivity index (χ2v) is 5.59. The molecule has 0 heterocycles. The summed E-state index contributed by atoms with van der Waals surface area (Å²) in [6.45, 7) is 12.6. The lowest BCUT2D eigenvalue weighted by molar-refractivity contribution is -0.979. The van der Waals surface area contributed by atoms with Crippen molar-refractivity contribution < 1.29 is 4.90 Å². The van der Waals surface area contributed by atoms with E-state index in [0.717, 1.165) is 6.54 Å². The molecule has 1 nitrogen and oxygen atoms in total. The Hall–Kier alpha value is -0.820. The maximum Gasteiger partial charge on any atom is 0.103 e. The molecule has 0 aliphatic heterocycles. The highest BCUT2D eigenvalue weighted by Gasteiger charge is 2.27. The first-order chi connectivity index (χ1) is 6.91. The predicted molar refractivity (Wildman–Crippen MR) is 66.0 cm³/mol. The summed E-state index contributed by atoms with van der Waals surface area (Å²) in [4.78, 5) is 1.63. The smallest absolute Gasteiger partial charge is 0.103 e. The molecular formula is C14H24N+. The van der Waals surface area contributed by atoms with Gasteiger partial charge < -0.3 is 4.90 Å². The number of hydrogen-bond acceptors (Lipinski definition) is 0. The van der Waals surface area contributed by atoms with Crippen LogP contribution >= 0.6 is 0 Å². The van der Waals surface area contributed by atoms with Crippen molar-refractivity contribution in [3.8, 4) is 0 Å². The fourth-order valence-electron chi connectivity index (χ4n) is 2.15. The van der Waals surface area contributed by atoms with Crippen LogP contribution in [0.1, 0.15) is 40.2 Å². The van der Waals surface area contributed by atoms with Gasteiger partial charge in [0.05, 0.1) is 11.6 Å². The van der Waals surface area contributed by atoms with Crippen LogP contribution in [0.4, 0.5) is 0 Å². The van der Waals surface area contributed by atoms with E-state index in [9.17, 15) is 0 Å². The molecular weight excluding hydrogens is 182 g/mol. The molecule has 0 radical (unpaired) electrons. The third-order valence-corrected chi connectivity index (χ3v) is 2.90. The summed E-state index contributed by atoms with van der Waals surface area (Å²) in [7, 11) is 0. The van der Waals surface area contributed by atoms with Crippen LogP contribution in [0, 0.1) is 0 Å². The quantitative estimate of drug-likeness (QED) is 0.774. The zero-order valence-corrected chi connectivity index (χ0v) is 10.7. The van der Waals surface area contributed by atoms with Crippen LogP contribution in [-0.4, -0.2) is 11.6 Å². The van der Waals surface area contributed by atoms with Crippen LogP contribution in [0.2, 0.25) is 0 Å². The number of quaternary nitrogens is 1. The third-order valence-electron chi connectivity index (χ3n) is 2.90. The zero-order valence-electron chi connectivity index (χ0n) is 10.7. The van der Waals surface area contributed by atoms with Gasteiger partial charge in [0.2, 0.25) is 0 Å². The van der Waals surface area contributed by atoms with E-state index >= 15 is 0 Å². The lowest BCUT2D eigenvalue weighted by atomic mass is 10.0. The summed E-state index contributed by atoms with van der Waals surface area (Å²) < 4.78 is 0. The average Bonchev–Trinajstić information content (AvgIpc) is 2.13. The maximum atomic E-state index is 2.31. The molecule has 0 fully saturated rings. The lowest BCUT2D eigenvalue weighted by Crippen LogP contribution is -3.20. The van der Waals surface area contributed by atoms with Crippen molar-refractivity contribution >= 4 is 0 Å². The minimum absolute atomic E-state index is 0.310. The molecule has 15 heavy (non-hydrogen) atoms. The summed E-state index contributed by atoms with van der Waals surface area (Å²) >= 11 is 0. The summed E-state index contributed by atoms with van der Waals surface area (Å²) in [5.74, 6) is 0. The molecule has 0 saturated carbocycles. The van der Waals surface area contributed by atoms with E-state index in [1.54, 1.807) is 4.90 Å². The van der Waals surface area contributed by atoms with Crippen LogP contribution in [0.25, 0.3) is 0 Å². The highest BCUT2D eigenvalue weighted by atomic mass is 15.2. The van der Waals surface area contributed by atoms with Crippen molar-refractivity contribution in [2.45, 2.75) is 52.7 Å². The molecule has 0 bridgehead atoms. The molecule has 1 N–H and O–H groups in total. The molecule has 0 aliphatic rings. The Kier molecular flexibility index (Phi) is 3.92. The van der Waals surface area contributed by atoms with E-state index in [1.165, 1.54) is 5.56 Å². The fraction of sp³-hybridized carbons (Fsp3) is 0.571. The van der Waals surface area contributed by atoms with Gasteiger partial charge in [-0.1, -0.05) is 30.3 Å². The molecule has 1 atom stereocenters. The minimum Gasteiger partial charge on any atom is -0.325 e. The van der Waals surface area contributed by atoms with E-state index < -0.39 is 0 Å². The normalized spacial score (nSPS) is 14.3. The van der Waals surface area contributed by atoms with Crippen LogP contribution in [0.15, 0.2) is 30.3 Å². The van der Waals surface area contributed by atoms with E-state index in [4.69, 9.17) is 0 Å². The molecule has 1 heteroatoms. The van der Waals surface area contributed by atoms with E-state index in [2.05, 4.69) is 65.0 Å². The van der Waals surface area contributed by atoms with Crippen molar-refractivity contribution in [1.29, 1.82) is 0 Å². The average molecular weight is 206 g/mol. The highest BCUT2D eigenvalue weighted by molar-refractivity contribution is 5.13. The van der Waals surface area contributed by atoms with Crippen LogP contribution in [0.3, 0.4) is 0 Å². The summed E-state index contributed by atoms with van der Waals surface area (Å²) in [6, 6.07) is 11.4. The van der Waals surface area contributed by atoms with Crippen molar-refractivity contribution in [2.24, 2.45) is 0 Å². The number of hydrogen-bond donors (Lipinski definition) is 1. The Bertz CT molecular complexity index is 282. The van der Waals surface area contributed by atoms with E-state index in [-0.39, 0.29) is 0 Å². The SMILES string of the molecule is CC(C)[NH+](Cc1ccccc1)C(C)(C)C. The molecule has 1 aromatic carbocycles. The minimum atomic E-state index is 0.310. The molecule has 1 aromatic rings. The zero-order chi connectivity index (χ0) is 11.5. The van der Waals surface area contributed by atoms with Gasteiger partial charge in [-0.2, -0.15) is 0 Å². The van der Waals surface area contributed by atoms with Gasteiger partial charge in [0.15, 0.2) is 0 Å². The third kappa shape index (κ3) is 3.67. The standard InChI is InChI=1S/C14H23N/c1-12(2)15(14(3,4)5)11-13-9-7-6-8-10-13/h6-10,12H,11H2,1-5H3/p+1. The molecule has 1 rings (SSSR count). The van der Waals surface area contributed by atoms with E-state index in [1.807, 2.05) is 0 Å². The Morgan fingerprint density at radius 3 is 2.00 bits per heavy atom. The number of rotatable bonds is 3. The largest absolute Gasteiger partial charge is 0.325 e.